The van der Waals surface area contributed by atoms with Gasteiger partial charge >= 0.3 is 5.76 Å². The van der Waals surface area contributed by atoms with E-state index in [0.29, 0.717) is 31.2 Å². The molecule has 0 unspecified atom stereocenters. The third-order valence-corrected chi connectivity index (χ3v) is 4.15. The lowest BCUT2D eigenvalue weighted by Gasteiger charge is -2.23. The highest BCUT2D eigenvalue weighted by molar-refractivity contribution is 5.75. The summed E-state index contributed by atoms with van der Waals surface area (Å²) < 4.78 is 11.6. The number of aromatic nitrogens is 2. The van der Waals surface area contributed by atoms with E-state index >= 15 is 0 Å². The molecule has 1 aromatic heterocycles. The van der Waals surface area contributed by atoms with E-state index in [2.05, 4.69) is 5.10 Å². The topological polar surface area (TPSA) is 77.6 Å². The third-order valence-electron chi connectivity index (χ3n) is 4.15. The Morgan fingerprint density at radius 1 is 1.38 bits per heavy atom. The van der Waals surface area contributed by atoms with E-state index in [9.17, 15) is 9.59 Å². The minimum absolute atomic E-state index is 0.114. The fraction of sp³-hybridized carbons (Fsp3) is 0.471. The van der Waals surface area contributed by atoms with Crippen LogP contribution >= 0.6 is 0 Å². The van der Waals surface area contributed by atoms with Gasteiger partial charge in [0, 0.05) is 31.2 Å². The summed E-state index contributed by atoms with van der Waals surface area (Å²) >= 11 is 0. The zero-order valence-corrected chi connectivity index (χ0v) is 13.7. The van der Waals surface area contributed by atoms with Gasteiger partial charge in [-0.25, -0.2) is 4.79 Å². The molecule has 24 heavy (non-hydrogen) atoms. The number of ether oxygens (including phenoxy) is 1. The lowest BCUT2D eigenvalue weighted by atomic mass is 10.1. The minimum atomic E-state index is -0.623. The van der Waals surface area contributed by atoms with E-state index in [1.807, 2.05) is 25.1 Å². The Hall–Kier alpha value is -2.41. The molecule has 1 atom stereocenters. The van der Waals surface area contributed by atoms with Crippen LogP contribution < -0.4 is 5.76 Å². The zero-order valence-electron chi connectivity index (χ0n) is 13.7. The Labute approximate surface area is 139 Å². The smallest absolute Gasteiger partial charge is 0.388 e. The van der Waals surface area contributed by atoms with Crippen molar-refractivity contribution < 1.29 is 13.9 Å². The number of likely N-dealkylation sites (N-methyl/N-ethyl adjacent to an activating group) is 1. The first-order valence-corrected chi connectivity index (χ1v) is 8.16. The van der Waals surface area contributed by atoms with Crippen molar-refractivity contribution in [1.82, 2.24) is 14.7 Å². The minimum Gasteiger partial charge on any atom is -0.388 e. The van der Waals surface area contributed by atoms with Crippen molar-refractivity contribution in [2.24, 2.45) is 5.92 Å². The average molecular weight is 331 g/mol. The molecule has 1 saturated heterocycles. The first kappa shape index (κ1) is 16.4. The highest BCUT2D eigenvalue weighted by atomic mass is 16.5. The van der Waals surface area contributed by atoms with Gasteiger partial charge in [0.15, 0.2) is 0 Å². The number of hydrogen-bond donors (Lipinski definition) is 0. The van der Waals surface area contributed by atoms with E-state index < -0.39 is 5.76 Å². The van der Waals surface area contributed by atoms with Gasteiger partial charge in [-0.05, 0) is 25.5 Å². The van der Waals surface area contributed by atoms with E-state index in [4.69, 9.17) is 9.15 Å². The fourth-order valence-electron chi connectivity index (χ4n) is 2.78. The van der Waals surface area contributed by atoms with Crippen LogP contribution in [0.4, 0.5) is 0 Å². The molecule has 7 heteroatoms. The van der Waals surface area contributed by atoms with Gasteiger partial charge in [-0.3, -0.25) is 4.79 Å². The Morgan fingerprint density at radius 2 is 2.17 bits per heavy atom. The average Bonchev–Trinajstić information content (AvgIpc) is 3.23. The van der Waals surface area contributed by atoms with Crippen molar-refractivity contribution >= 4 is 5.91 Å². The van der Waals surface area contributed by atoms with Gasteiger partial charge in [-0.1, -0.05) is 18.2 Å². The maximum absolute atomic E-state index is 12.5. The second-order valence-corrected chi connectivity index (χ2v) is 5.86. The number of hydrogen-bond acceptors (Lipinski definition) is 5. The summed E-state index contributed by atoms with van der Waals surface area (Å²) in [5.74, 6) is -0.176. The van der Waals surface area contributed by atoms with Crippen LogP contribution in [-0.2, 0) is 16.1 Å². The monoisotopic (exact) mass is 331 g/mol. The Morgan fingerprint density at radius 3 is 2.83 bits per heavy atom. The zero-order chi connectivity index (χ0) is 16.9. The molecule has 0 radical (unpaired) electrons. The van der Waals surface area contributed by atoms with Gasteiger partial charge in [0.25, 0.3) is 0 Å². The highest BCUT2D eigenvalue weighted by Gasteiger charge is 2.23. The lowest BCUT2D eigenvalue weighted by molar-refractivity contribution is -0.132. The van der Waals surface area contributed by atoms with Crippen molar-refractivity contribution in [3.8, 4) is 11.5 Å². The summed E-state index contributed by atoms with van der Waals surface area (Å²) in [6.07, 6.45) is 0.964. The van der Waals surface area contributed by atoms with Crippen molar-refractivity contribution in [3.05, 3.63) is 40.9 Å². The predicted octanol–water partition coefficient (Wildman–Crippen LogP) is 1.39. The number of amides is 1. The standard InChI is InChI=1S/C17H21N3O4/c1-2-19(10-13-8-9-23-12-13)15(21)11-20-17(22)24-16(18-20)14-6-4-3-5-7-14/h3-7,13H,2,8-12H2,1H3/t13-/m0/s1. The molecule has 0 N–H and O–H groups in total. The van der Waals surface area contributed by atoms with Crippen LogP contribution in [0, 0.1) is 5.92 Å². The fourth-order valence-corrected chi connectivity index (χ4v) is 2.78. The van der Waals surface area contributed by atoms with Crippen LogP contribution in [0.3, 0.4) is 0 Å². The second-order valence-electron chi connectivity index (χ2n) is 5.86. The van der Waals surface area contributed by atoms with Crippen LogP contribution in [0.25, 0.3) is 11.5 Å². The van der Waals surface area contributed by atoms with E-state index in [-0.39, 0.29) is 18.3 Å². The Balaban J connectivity index is 1.69. The molecule has 2 heterocycles. The molecule has 7 nitrogen and oxygen atoms in total. The van der Waals surface area contributed by atoms with Gasteiger partial charge in [0.2, 0.25) is 11.8 Å². The number of carbonyl (C=O) groups excluding carboxylic acids is 1. The molecule has 1 aliphatic heterocycles. The molecular formula is C17H21N3O4. The summed E-state index contributed by atoms with van der Waals surface area (Å²) in [4.78, 5) is 26.2. The molecule has 0 saturated carbocycles. The molecule has 0 spiro atoms. The maximum atomic E-state index is 12.5. The molecule has 2 aromatic rings. The van der Waals surface area contributed by atoms with Crippen molar-refractivity contribution in [2.75, 3.05) is 26.3 Å². The van der Waals surface area contributed by atoms with Crippen molar-refractivity contribution in [2.45, 2.75) is 19.9 Å². The third kappa shape index (κ3) is 3.73. The summed E-state index contributed by atoms with van der Waals surface area (Å²) in [7, 11) is 0. The predicted molar refractivity (Wildman–Crippen MR) is 87.4 cm³/mol. The number of carbonyl (C=O) groups is 1. The number of nitrogens with zero attached hydrogens (tertiary/aromatic N) is 3. The molecule has 1 aromatic carbocycles. The Bertz CT molecular complexity index is 732. The van der Waals surface area contributed by atoms with Crippen LogP contribution in [0.15, 0.2) is 39.5 Å². The van der Waals surface area contributed by atoms with Crippen molar-refractivity contribution in [3.63, 3.8) is 0 Å². The Kier molecular flexibility index (Phi) is 5.10. The SMILES string of the molecule is CCN(C[C@@H]1CCOC1)C(=O)Cn1nc(-c2ccccc2)oc1=O. The van der Waals surface area contributed by atoms with Crippen molar-refractivity contribution in [1.29, 1.82) is 0 Å². The quantitative estimate of drug-likeness (QED) is 0.799. The van der Waals surface area contributed by atoms with Gasteiger partial charge in [0.1, 0.15) is 6.54 Å². The normalized spacial score (nSPS) is 17.1. The van der Waals surface area contributed by atoms with Crippen LogP contribution in [0.2, 0.25) is 0 Å². The molecule has 3 rings (SSSR count). The van der Waals surface area contributed by atoms with E-state index in [1.54, 1.807) is 17.0 Å². The van der Waals surface area contributed by atoms with Crippen LogP contribution in [0.5, 0.6) is 0 Å². The second kappa shape index (κ2) is 7.44. The van der Waals surface area contributed by atoms with Gasteiger partial charge in [0.05, 0.1) is 6.61 Å². The molecule has 1 aliphatic rings. The largest absolute Gasteiger partial charge is 0.437 e. The summed E-state index contributed by atoms with van der Waals surface area (Å²) in [6.45, 7) is 4.48. The van der Waals surface area contributed by atoms with Crippen LogP contribution in [0.1, 0.15) is 13.3 Å². The first-order chi connectivity index (χ1) is 11.7. The number of benzene rings is 1. The van der Waals surface area contributed by atoms with E-state index in [0.717, 1.165) is 17.7 Å². The summed E-state index contributed by atoms with van der Waals surface area (Å²) in [5.41, 5.74) is 0.705. The molecule has 128 valence electrons. The van der Waals surface area contributed by atoms with Gasteiger partial charge < -0.3 is 14.1 Å². The first-order valence-electron chi connectivity index (χ1n) is 8.16. The molecule has 0 bridgehead atoms. The van der Waals surface area contributed by atoms with Crippen LogP contribution in [-0.4, -0.2) is 46.9 Å². The molecule has 1 fully saturated rings. The van der Waals surface area contributed by atoms with E-state index in [1.165, 1.54) is 0 Å². The summed E-state index contributed by atoms with van der Waals surface area (Å²) in [5, 5.41) is 4.13. The van der Waals surface area contributed by atoms with Gasteiger partial charge in [-0.15, -0.1) is 5.10 Å². The summed E-state index contributed by atoms with van der Waals surface area (Å²) in [6, 6.07) is 9.14. The maximum Gasteiger partial charge on any atom is 0.437 e. The molecular weight excluding hydrogens is 310 g/mol. The molecule has 0 aliphatic carbocycles. The highest BCUT2D eigenvalue weighted by Crippen LogP contribution is 2.15. The lowest BCUT2D eigenvalue weighted by Crippen LogP contribution is -2.39. The van der Waals surface area contributed by atoms with Gasteiger partial charge in [-0.2, -0.15) is 4.68 Å². The number of rotatable bonds is 6. The molecule has 1 amide bonds.